The smallest absolute Gasteiger partial charge is 0.156 e. The van der Waals surface area contributed by atoms with Gasteiger partial charge >= 0.3 is 0 Å². The Bertz CT molecular complexity index is 246. The predicted octanol–water partition coefficient (Wildman–Crippen LogP) is 1.34. The number of carbonyl (C=O) groups excluding carboxylic acids is 1. The molecule has 0 radical (unpaired) electrons. The van der Waals surface area contributed by atoms with E-state index in [0.29, 0.717) is 11.7 Å². The van der Waals surface area contributed by atoms with Crippen LogP contribution in [-0.4, -0.2) is 11.8 Å². The number of fused-ring (bicyclic) bond motifs is 2. The minimum Gasteiger partial charge on any atom is -0.321 e. The maximum Gasteiger partial charge on any atom is 0.156 e. The number of hydrogen-bond donors (Lipinski definition) is 1. The van der Waals surface area contributed by atoms with Gasteiger partial charge in [0.1, 0.15) is 0 Å². The van der Waals surface area contributed by atoms with E-state index in [1.807, 2.05) is 0 Å². The molecule has 3 atom stereocenters. The second kappa shape index (κ2) is 1.92. The number of nitrogens with two attached hydrogens (primary N) is 1. The van der Waals surface area contributed by atoms with Crippen LogP contribution in [0.1, 0.15) is 33.6 Å². The summed E-state index contributed by atoms with van der Waals surface area (Å²) in [6.45, 7) is 6.47. The van der Waals surface area contributed by atoms with Gasteiger partial charge in [0.05, 0.1) is 6.04 Å². The van der Waals surface area contributed by atoms with E-state index in [1.54, 1.807) is 0 Å². The second-order valence-corrected chi connectivity index (χ2v) is 5.09. The van der Waals surface area contributed by atoms with Crippen molar-refractivity contribution in [1.82, 2.24) is 0 Å². The van der Waals surface area contributed by atoms with Crippen LogP contribution in [0.15, 0.2) is 0 Å². The standard InChI is InChI=1S/C10H17NO/c1-9(2)6-4-5-10(9,3)8(12)7(6)11/h6-7H,4-5,11H2,1-3H3/t6-,7-,10+/m1/s1. The Hall–Kier alpha value is -0.370. The van der Waals surface area contributed by atoms with E-state index in [4.69, 9.17) is 5.73 Å². The molecule has 0 heterocycles. The van der Waals surface area contributed by atoms with Gasteiger partial charge in [-0.3, -0.25) is 4.79 Å². The lowest BCUT2D eigenvalue weighted by atomic mass is 9.70. The quantitative estimate of drug-likeness (QED) is 0.591. The molecule has 2 N–H and O–H groups in total. The summed E-state index contributed by atoms with van der Waals surface area (Å²) in [5, 5.41) is 0. The summed E-state index contributed by atoms with van der Waals surface area (Å²) in [7, 11) is 0. The Morgan fingerprint density at radius 2 is 2.00 bits per heavy atom. The normalized spacial score (nSPS) is 50.2. The van der Waals surface area contributed by atoms with E-state index < -0.39 is 0 Å². The van der Waals surface area contributed by atoms with Gasteiger partial charge in [-0.15, -0.1) is 0 Å². The number of carbonyl (C=O) groups is 1. The maximum absolute atomic E-state index is 11.8. The third-order valence-corrected chi connectivity index (χ3v) is 4.58. The third-order valence-electron chi connectivity index (χ3n) is 4.58. The molecule has 2 fully saturated rings. The fourth-order valence-electron chi connectivity index (χ4n) is 3.16. The highest BCUT2D eigenvalue weighted by atomic mass is 16.1. The van der Waals surface area contributed by atoms with Crippen molar-refractivity contribution >= 4 is 5.78 Å². The topological polar surface area (TPSA) is 43.1 Å². The van der Waals surface area contributed by atoms with Crippen LogP contribution in [0.4, 0.5) is 0 Å². The molecule has 2 aliphatic carbocycles. The van der Waals surface area contributed by atoms with E-state index in [-0.39, 0.29) is 16.9 Å². The maximum atomic E-state index is 11.8. The molecular formula is C10H17NO. The highest BCUT2D eigenvalue weighted by Crippen LogP contribution is 2.62. The van der Waals surface area contributed by atoms with Crippen LogP contribution >= 0.6 is 0 Å². The van der Waals surface area contributed by atoms with Crippen LogP contribution in [0.25, 0.3) is 0 Å². The fraction of sp³-hybridized carbons (Fsp3) is 0.900. The summed E-state index contributed by atoms with van der Waals surface area (Å²) in [6, 6.07) is -0.182. The van der Waals surface area contributed by atoms with Crippen LogP contribution < -0.4 is 5.73 Å². The van der Waals surface area contributed by atoms with Crippen LogP contribution in [0, 0.1) is 16.7 Å². The van der Waals surface area contributed by atoms with E-state index in [2.05, 4.69) is 20.8 Å². The molecule has 0 spiro atoms. The summed E-state index contributed by atoms with van der Waals surface area (Å²) in [5.41, 5.74) is 5.88. The van der Waals surface area contributed by atoms with Crippen molar-refractivity contribution in [1.29, 1.82) is 0 Å². The van der Waals surface area contributed by atoms with Crippen LogP contribution in [-0.2, 0) is 4.79 Å². The minimum atomic E-state index is -0.182. The van der Waals surface area contributed by atoms with Gasteiger partial charge in [-0.1, -0.05) is 20.8 Å². The first-order valence-corrected chi connectivity index (χ1v) is 4.71. The lowest BCUT2D eigenvalue weighted by Gasteiger charge is -2.32. The van der Waals surface area contributed by atoms with Crippen molar-refractivity contribution in [2.75, 3.05) is 0 Å². The molecule has 68 valence electrons. The zero-order valence-electron chi connectivity index (χ0n) is 8.05. The molecule has 0 aromatic rings. The number of ketones is 1. The van der Waals surface area contributed by atoms with E-state index >= 15 is 0 Å². The monoisotopic (exact) mass is 167 g/mol. The molecule has 2 nitrogen and oxygen atoms in total. The molecule has 2 heteroatoms. The van der Waals surface area contributed by atoms with Gasteiger partial charge < -0.3 is 5.73 Å². The Balaban J connectivity index is 2.50. The van der Waals surface area contributed by atoms with Crippen molar-refractivity contribution in [3.8, 4) is 0 Å². The molecule has 0 aromatic carbocycles. The zero-order chi connectivity index (χ0) is 9.15. The zero-order valence-corrected chi connectivity index (χ0v) is 8.05. The summed E-state index contributed by atoms with van der Waals surface area (Å²) in [5.74, 6) is 0.721. The molecule has 12 heavy (non-hydrogen) atoms. The van der Waals surface area contributed by atoms with Gasteiger partial charge in [-0.05, 0) is 24.2 Å². The number of Topliss-reactive ketones (excluding diaryl/α,β-unsaturated/α-hetero) is 1. The van der Waals surface area contributed by atoms with Crippen molar-refractivity contribution in [2.24, 2.45) is 22.5 Å². The van der Waals surface area contributed by atoms with E-state index in [9.17, 15) is 4.79 Å². The van der Waals surface area contributed by atoms with Crippen LogP contribution in [0.2, 0.25) is 0 Å². The van der Waals surface area contributed by atoms with Gasteiger partial charge in [-0.25, -0.2) is 0 Å². The first-order chi connectivity index (χ1) is 5.41. The largest absolute Gasteiger partial charge is 0.321 e. The van der Waals surface area contributed by atoms with Gasteiger partial charge in [-0.2, -0.15) is 0 Å². The summed E-state index contributed by atoms with van der Waals surface area (Å²) >= 11 is 0. The molecule has 0 unspecified atom stereocenters. The second-order valence-electron chi connectivity index (χ2n) is 5.09. The van der Waals surface area contributed by atoms with Crippen LogP contribution in [0.5, 0.6) is 0 Å². The van der Waals surface area contributed by atoms with Gasteiger partial charge in [0.2, 0.25) is 0 Å². The number of rotatable bonds is 0. The molecular weight excluding hydrogens is 150 g/mol. The molecule has 2 bridgehead atoms. The lowest BCUT2D eigenvalue weighted by molar-refractivity contribution is -0.129. The van der Waals surface area contributed by atoms with Crippen molar-refractivity contribution in [3.63, 3.8) is 0 Å². The molecule has 0 aliphatic heterocycles. The van der Waals surface area contributed by atoms with Crippen molar-refractivity contribution in [3.05, 3.63) is 0 Å². The average molecular weight is 167 g/mol. The third kappa shape index (κ3) is 0.598. The molecule has 0 aromatic heterocycles. The predicted molar refractivity (Wildman–Crippen MR) is 47.6 cm³/mol. The highest BCUT2D eigenvalue weighted by Gasteiger charge is 2.65. The molecule has 2 saturated carbocycles. The summed E-state index contributed by atoms with van der Waals surface area (Å²) in [4.78, 5) is 11.8. The SMILES string of the molecule is CC1(C)[C@@H]2CC[C@@]1(C)C(=O)[C@@H]2N. The average Bonchev–Trinajstić information content (AvgIpc) is 2.26. The minimum absolute atomic E-state index is 0.128. The highest BCUT2D eigenvalue weighted by molar-refractivity contribution is 5.94. The first kappa shape index (κ1) is 8.24. The van der Waals surface area contributed by atoms with E-state index in [0.717, 1.165) is 12.8 Å². The Morgan fingerprint density at radius 3 is 2.25 bits per heavy atom. The fourth-order valence-corrected chi connectivity index (χ4v) is 3.16. The summed E-state index contributed by atoms with van der Waals surface area (Å²) in [6.07, 6.45) is 2.17. The Labute approximate surface area is 73.5 Å². The molecule has 2 aliphatic rings. The van der Waals surface area contributed by atoms with Crippen molar-refractivity contribution in [2.45, 2.75) is 39.7 Å². The number of hydrogen-bond acceptors (Lipinski definition) is 2. The van der Waals surface area contributed by atoms with E-state index in [1.165, 1.54) is 0 Å². The Kier molecular flexibility index (Phi) is 1.32. The summed E-state index contributed by atoms with van der Waals surface area (Å²) < 4.78 is 0. The molecule has 0 saturated heterocycles. The lowest BCUT2D eigenvalue weighted by Crippen LogP contribution is -2.39. The molecule has 2 rings (SSSR count). The first-order valence-electron chi connectivity index (χ1n) is 4.71. The van der Waals surface area contributed by atoms with Crippen LogP contribution in [0.3, 0.4) is 0 Å². The van der Waals surface area contributed by atoms with Gasteiger partial charge in [0.25, 0.3) is 0 Å². The Morgan fingerprint density at radius 1 is 1.42 bits per heavy atom. The van der Waals surface area contributed by atoms with Crippen molar-refractivity contribution < 1.29 is 4.79 Å². The van der Waals surface area contributed by atoms with Gasteiger partial charge in [0, 0.05) is 5.41 Å². The molecule has 0 amide bonds. The van der Waals surface area contributed by atoms with Gasteiger partial charge in [0.15, 0.2) is 5.78 Å².